The summed E-state index contributed by atoms with van der Waals surface area (Å²) < 4.78 is 0. The van der Waals surface area contributed by atoms with Crippen LogP contribution in [0.5, 0.6) is 0 Å². The summed E-state index contributed by atoms with van der Waals surface area (Å²) in [5.41, 5.74) is 0.761. The third-order valence-corrected chi connectivity index (χ3v) is 6.96. The van der Waals surface area contributed by atoms with Gasteiger partial charge in [-0.1, -0.05) is 32.8 Å². The number of allylic oxidation sites excluding steroid dienone is 1. The average Bonchev–Trinajstić information content (AvgIpc) is 2.34. The molecule has 0 aliphatic heterocycles. The molecule has 23 heavy (non-hydrogen) atoms. The van der Waals surface area contributed by atoms with E-state index < -0.39 is 11.6 Å². The normalized spacial score (nSPS) is 40.5. The van der Waals surface area contributed by atoms with Crippen molar-refractivity contribution in [3.63, 3.8) is 0 Å². The number of carboxylic acid groups (broad SMARTS) is 1. The van der Waals surface area contributed by atoms with E-state index in [0.717, 1.165) is 31.3 Å². The molecule has 0 radical (unpaired) electrons. The molecule has 0 unspecified atom stereocenters. The summed E-state index contributed by atoms with van der Waals surface area (Å²) in [6.45, 7) is 11.0. The summed E-state index contributed by atoms with van der Waals surface area (Å²) >= 11 is 0. The smallest absolute Gasteiger partial charge is 0.328 e. The van der Waals surface area contributed by atoms with E-state index in [1.165, 1.54) is 25.3 Å². The second-order valence-corrected chi connectivity index (χ2v) is 9.22. The molecule has 2 aliphatic carbocycles. The lowest BCUT2D eigenvalue weighted by Gasteiger charge is -2.61. The Hall–Kier alpha value is -0.830. The molecule has 2 aliphatic rings. The van der Waals surface area contributed by atoms with Crippen LogP contribution in [-0.4, -0.2) is 21.8 Å². The van der Waals surface area contributed by atoms with Gasteiger partial charge in [-0.25, -0.2) is 4.79 Å². The molecule has 2 N–H and O–H groups in total. The maximum Gasteiger partial charge on any atom is 0.328 e. The molecular weight excluding hydrogens is 288 g/mol. The van der Waals surface area contributed by atoms with Gasteiger partial charge in [0.1, 0.15) is 0 Å². The van der Waals surface area contributed by atoms with Crippen LogP contribution < -0.4 is 0 Å². The molecule has 0 amide bonds. The van der Waals surface area contributed by atoms with E-state index in [2.05, 4.69) is 20.8 Å². The largest absolute Gasteiger partial charge is 0.478 e. The van der Waals surface area contributed by atoms with Crippen molar-refractivity contribution in [2.24, 2.45) is 22.7 Å². The van der Waals surface area contributed by atoms with E-state index >= 15 is 0 Å². The molecule has 2 rings (SSSR count). The molecule has 0 aromatic rings. The lowest BCUT2D eigenvalue weighted by molar-refractivity contribution is -0.168. The average molecular weight is 322 g/mol. The number of aliphatic hydroxyl groups is 1. The first kappa shape index (κ1) is 18.5. The quantitative estimate of drug-likeness (QED) is 0.732. The zero-order valence-corrected chi connectivity index (χ0v) is 15.5. The Balaban J connectivity index is 2.24. The monoisotopic (exact) mass is 322 g/mol. The van der Waals surface area contributed by atoms with Crippen molar-refractivity contribution in [1.29, 1.82) is 0 Å². The highest BCUT2D eigenvalue weighted by atomic mass is 16.4. The Kier molecular flexibility index (Phi) is 5.02. The number of rotatable bonds is 4. The summed E-state index contributed by atoms with van der Waals surface area (Å²) in [6, 6.07) is 0. The predicted octanol–water partition coefficient (Wildman–Crippen LogP) is 4.79. The molecule has 0 saturated heterocycles. The maximum atomic E-state index is 11.1. The van der Waals surface area contributed by atoms with E-state index in [1.807, 2.05) is 13.8 Å². The molecule has 0 heterocycles. The highest BCUT2D eigenvalue weighted by Crippen LogP contribution is 2.62. The van der Waals surface area contributed by atoms with Gasteiger partial charge in [-0.15, -0.1) is 0 Å². The zero-order valence-electron chi connectivity index (χ0n) is 15.5. The second kappa shape index (κ2) is 6.23. The van der Waals surface area contributed by atoms with Gasteiger partial charge in [-0.3, -0.25) is 0 Å². The topological polar surface area (TPSA) is 57.5 Å². The number of hydrogen-bond donors (Lipinski definition) is 2. The minimum atomic E-state index is -0.874. The maximum absolute atomic E-state index is 11.1. The first-order chi connectivity index (χ1) is 10.5. The van der Waals surface area contributed by atoms with Crippen LogP contribution >= 0.6 is 0 Å². The fourth-order valence-electron chi connectivity index (χ4n) is 5.92. The predicted molar refractivity (Wildman–Crippen MR) is 93.2 cm³/mol. The zero-order chi connectivity index (χ0) is 17.5. The van der Waals surface area contributed by atoms with Gasteiger partial charge in [0.05, 0.1) is 5.60 Å². The molecule has 0 spiro atoms. The standard InChI is InChI=1S/C20H34O3/c1-14(13-17(21)22)7-8-16-19(4)11-6-10-18(2,3)15(19)9-12-20(16,5)23/h13,15-16,23H,6-12H2,1-5H3,(H,21,22)/b14-13-/t15-,16+,19-,20+/m0/s1. The van der Waals surface area contributed by atoms with E-state index in [9.17, 15) is 9.90 Å². The summed E-state index contributed by atoms with van der Waals surface area (Å²) in [5, 5.41) is 20.0. The highest BCUT2D eigenvalue weighted by molar-refractivity contribution is 5.80. The fraction of sp³-hybridized carbons (Fsp3) is 0.850. The highest BCUT2D eigenvalue weighted by Gasteiger charge is 2.57. The minimum absolute atomic E-state index is 0.160. The second-order valence-electron chi connectivity index (χ2n) is 9.22. The Morgan fingerprint density at radius 1 is 1.17 bits per heavy atom. The van der Waals surface area contributed by atoms with Gasteiger partial charge in [-0.2, -0.15) is 0 Å². The summed E-state index contributed by atoms with van der Waals surface area (Å²) in [5.74, 6) is 0.0176. The van der Waals surface area contributed by atoms with Crippen LogP contribution in [0.2, 0.25) is 0 Å². The van der Waals surface area contributed by atoms with Gasteiger partial charge in [0, 0.05) is 6.08 Å². The van der Waals surface area contributed by atoms with Crippen LogP contribution in [0.1, 0.15) is 79.6 Å². The van der Waals surface area contributed by atoms with Gasteiger partial charge in [0.15, 0.2) is 0 Å². The summed E-state index contributed by atoms with van der Waals surface area (Å²) in [6.07, 6.45) is 8.61. The molecule has 4 atom stereocenters. The lowest BCUT2D eigenvalue weighted by atomic mass is 9.45. The van der Waals surface area contributed by atoms with Gasteiger partial charge in [0.25, 0.3) is 0 Å². The molecule has 2 saturated carbocycles. The third kappa shape index (κ3) is 3.65. The molecule has 2 fully saturated rings. The molecule has 3 nitrogen and oxygen atoms in total. The van der Waals surface area contributed by atoms with Crippen molar-refractivity contribution in [1.82, 2.24) is 0 Å². The van der Waals surface area contributed by atoms with E-state index in [4.69, 9.17) is 5.11 Å². The van der Waals surface area contributed by atoms with Gasteiger partial charge in [0.2, 0.25) is 0 Å². The number of carboxylic acids is 1. The van der Waals surface area contributed by atoms with Crippen molar-refractivity contribution >= 4 is 5.97 Å². The van der Waals surface area contributed by atoms with Crippen LogP contribution in [0.25, 0.3) is 0 Å². The lowest BCUT2D eigenvalue weighted by Crippen LogP contribution is -2.57. The molecule has 132 valence electrons. The van der Waals surface area contributed by atoms with Crippen LogP contribution in [0, 0.1) is 22.7 Å². The van der Waals surface area contributed by atoms with Crippen molar-refractivity contribution in [2.75, 3.05) is 0 Å². The number of hydrogen-bond acceptors (Lipinski definition) is 2. The van der Waals surface area contributed by atoms with E-state index in [1.54, 1.807) is 0 Å². The summed E-state index contributed by atoms with van der Waals surface area (Å²) in [4.78, 5) is 10.8. The van der Waals surface area contributed by atoms with Crippen LogP contribution in [0.4, 0.5) is 0 Å². The van der Waals surface area contributed by atoms with Crippen molar-refractivity contribution in [3.05, 3.63) is 11.6 Å². The number of fused-ring (bicyclic) bond motifs is 1. The summed E-state index contributed by atoms with van der Waals surface area (Å²) in [7, 11) is 0. The Labute approximate surface area is 141 Å². The molecule has 3 heteroatoms. The van der Waals surface area contributed by atoms with Crippen LogP contribution in [0.15, 0.2) is 11.6 Å². The first-order valence-corrected chi connectivity index (χ1v) is 9.11. The van der Waals surface area contributed by atoms with E-state index in [-0.39, 0.29) is 11.3 Å². The van der Waals surface area contributed by atoms with Crippen molar-refractivity contribution in [2.45, 2.75) is 85.2 Å². The third-order valence-electron chi connectivity index (χ3n) is 6.96. The van der Waals surface area contributed by atoms with Gasteiger partial charge < -0.3 is 10.2 Å². The number of carbonyl (C=O) groups is 1. The van der Waals surface area contributed by atoms with Gasteiger partial charge >= 0.3 is 5.97 Å². The fourth-order valence-corrected chi connectivity index (χ4v) is 5.92. The minimum Gasteiger partial charge on any atom is -0.478 e. The molecular formula is C20H34O3. The Morgan fingerprint density at radius 2 is 1.83 bits per heavy atom. The molecule has 0 bridgehead atoms. The molecule has 0 aromatic carbocycles. The Bertz CT molecular complexity index is 489. The SMILES string of the molecule is C/C(=C/C(=O)O)CC[C@@H]1[C@@]2(C)CCCC(C)(C)[C@@H]2CC[C@@]1(C)O. The van der Waals surface area contributed by atoms with Crippen LogP contribution in [-0.2, 0) is 4.79 Å². The van der Waals surface area contributed by atoms with E-state index in [0.29, 0.717) is 11.3 Å². The molecule has 0 aromatic heterocycles. The van der Waals surface area contributed by atoms with Gasteiger partial charge in [-0.05, 0) is 75.0 Å². The van der Waals surface area contributed by atoms with Crippen LogP contribution in [0.3, 0.4) is 0 Å². The first-order valence-electron chi connectivity index (χ1n) is 9.11. The number of aliphatic carboxylic acids is 1. The van der Waals surface area contributed by atoms with Crippen molar-refractivity contribution in [3.8, 4) is 0 Å². The van der Waals surface area contributed by atoms with Crippen molar-refractivity contribution < 1.29 is 15.0 Å². The Morgan fingerprint density at radius 3 is 2.43 bits per heavy atom.